The van der Waals surface area contributed by atoms with Crippen LogP contribution in [0.2, 0.25) is 0 Å². The van der Waals surface area contributed by atoms with Crippen molar-refractivity contribution in [3.63, 3.8) is 0 Å². The third kappa shape index (κ3) is 18.5. The summed E-state index contributed by atoms with van der Waals surface area (Å²) in [6.07, 6.45) is 29.6. The van der Waals surface area contributed by atoms with Gasteiger partial charge in [0.1, 0.15) is 11.9 Å². The molecule has 0 spiro atoms. The van der Waals surface area contributed by atoms with E-state index < -0.39 is 0 Å². The zero-order valence-corrected chi connectivity index (χ0v) is 34.9. The van der Waals surface area contributed by atoms with Gasteiger partial charge in [-0.05, 0) is 121 Å². The molecule has 0 amide bonds. The van der Waals surface area contributed by atoms with Gasteiger partial charge in [0.05, 0.1) is 6.61 Å². The van der Waals surface area contributed by atoms with Gasteiger partial charge in [0.25, 0.3) is 0 Å². The van der Waals surface area contributed by atoms with E-state index in [0.29, 0.717) is 37.7 Å². The number of nitrogens with zero attached hydrogens (tertiary/aromatic N) is 1. The van der Waals surface area contributed by atoms with Crippen molar-refractivity contribution < 1.29 is 28.6 Å². The van der Waals surface area contributed by atoms with E-state index in [-0.39, 0.29) is 24.0 Å². The molecule has 0 aromatic heterocycles. The number of unbranched alkanes of at least 4 members (excludes halogenated alkanes) is 12. The van der Waals surface area contributed by atoms with Crippen molar-refractivity contribution >= 4 is 17.9 Å². The first-order chi connectivity index (χ1) is 25.7. The molecule has 5 unspecified atom stereocenters. The molecule has 0 aromatic carbocycles. The Hall–Kier alpha value is -1.89. The Morgan fingerprint density at radius 2 is 1.13 bits per heavy atom. The smallest absolute Gasteiger partial charge is 0.310 e. The minimum atomic E-state index is -0.108. The summed E-state index contributed by atoms with van der Waals surface area (Å²) in [6.45, 7) is 10.1. The number of allylic oxidation sites excluding steroid dienone is 1. The van der Waals surface area contributed by atoms with Crippen LogP contribution in [0.25, 0.3) is 0 Å². The molecule has 53 heavy (non-hydrogen) atoms. The van der Waals surface area contributed by atoms with Crippen molar-refractivity contribution in [2.24, 2.45) is 35.5 Å². The minimum absolute atomic E-state index is 0.0252. The number of carbonyl (C=O) groups is 3. The molecule has 0 heterocycles. The molecule has 5 atom stereocenters. The lowest BCUT2D eigenvalue weighted by Gasteiger charge is -2.18. The van der Waals surface area contributed by atoms with Gasteiger partial charge in [-0.15, -0.1) is 0 Å². The maximum atomic E-state index is 12.6. The highest BCUT2D eigenvalue weighted by atomic mass is 16.5. The standard InChI is InChI=1S/C46H81NO6/c1-6-8-16-23-37(24-17-9-7-2)32-34-51-41(48)27-20-14-10-12-18-25-40(53-43(50)29-22-33-47(4)5)26-19-13-11-15-21-28-42(49)52-36(3)44-45-38-30-31-39(35-38)46(44)45/h37-40,44-46H,3,6-35H2,1-2,4-5H3. The average Bonchev–Trinajstić information content (AvgIpc) is 3.56. The molecule has 0 aromatic rings. The lowest BCUT2D eigenvalue weighted by Crippen LogP contribution is -2.20. The number of ether oxygens (including phenoxy) is 3. The van der Waals surface area contributed by atoms with Crippen LogP contribution in [0.15, 0.2) is 12.3 Å². The quantitative estimate of drug-likeness (QED) is 0.0281. The van der Waals surface area contributed by atoms with Gasteiger partial charge in [-0.1, -0.05) is 110 Å². The summed E-state index contributed by atoms with van der Waals surface area (Å²) in [5.41, 5.74) is 0. The van der Waals surface area contributed by atoms with Gasteiger partial charge in [0, 0.05) is 25.2 Å². The number of esters is 3. The lowest BCUT2D eigenvalue weighted by atomic mass is 9.92. The second-order valence-corrected chi connectivity index (χ2v) is 17.5. The molecule has 0 N–H and O–H groups in total. The van der Waals surface area contributed by atoms with Crippen LogP contribution >= 0.6 is 0 Å². The molecule has 0 saturated heterocycles. The summed E-state index contributed by atoms with van der Waals surface area (Å²) in [5.74, 6) is 4.89. The molecule has 3 aliphatic carbocycles. The normalized spacial score (nSPS) is 21.9. The molecule has 306 valence electrons. The van der Waals surface area contributed by atoms with Crippen LogP contribution in [-0.4, -0.2) is 56.2 Å². The van der Waals surface area contributed by atoms with E-state index in [0.717, 1.165) is 126 Å². The summed E-state index contributed by atoms with van der Waals surface area (Å²) in [6, 6.07) is 0. The SMILES string of the molecule is C=C(OC(=O)CCCCCCCC(CCCCCCCC(=O)OCCC(CCCCC)CCCCC)OC(=O)CCCN(C)C)C1C2C3CCC(C3)C12. The molecule has 3 fully saturated rings. The number of hydrogen-bond donors (Lipinski definition) is 0. The van der Waals surface area contributed by atoms with Crippen LogP contribution in [0.3, 0.4) is 0 Å². The first kappa shape index (κ1) is 45.5. The Bertz CT molecular complexity index is 1020. The average molecular weight is 744 g/mol. The zero-order valence-electron chi connectivity index (χ0n) is 34.9. The van der Waals surface area contributed by atoms with Gasteiger partial charge >= 0.3 is 17.9 Å². The number of hydrogen-bond acceptors (Lipinski definition) is 7. The molecule has 2 bridgehead atoms. The van der Waals surface area contributed by atoms with Crippen LogP contribution in [-0.2, 0) is 28.6 Å². The van der Waals surface area contributed by atoms with E-state index in [2.05, 4.69) is 25.3 Å². The fourth-order valence-electron chi connectivity index (χ4n) is 9.62. The van der Waals surface area contributed by atoms with Gasteiger partial charge < -0.3 is 19.1 Å². The predicted molar refractivity (Wildman–Crippen MR) is 216 cm³/mol. The van der Waals surface area contributed by atoms with Crippen molar-refractivity contribution in [1.29, 1.82) is 0 Å². The van der Waals surface area contributed by atoms with Gasteiger partial charge in [0.15, 0.2) is 0 Å². The third-order valence-corrected chi connectivity index (χ3v) is 12.7. The molecular weight excluding hydrogens is 663 g/mol. The summed E-state index contributed by atoms with van der Waals surface area (Å²) in [5, 5.41) is 0. The summed E-state index contributed by atoms with van der Waals surface area (Å²) >= 11 is 0. The summed E-state index contributed by atoms with van der Waals surface area (Å²) in [4.78, 5) is 39.5. The van der Waals surface area contributed by atoms with E-state index in [1.165, 1.54) is 70.6 Å². The maximum Gasteiger partial charge on any atom is 0.310 e. The van der Waals surface area contributed by atoms with Gasteiger partial charge in [-0.2, -0.15) is 0 Å². The first-order valence-electron chi connectivity index (χ1n) is 22.6. The van der Waals surface area contributed by atoms with Crippen LogP contribution in [0, 0.1) is 35.5 Å². The molecule has 3 saturated carbocycles. The van der Waals surface area contributed by atoms with Gasteiger partial charge in [0.2, 0.25) is 0 Å². The summed E-state index contributed by atoms with van der Waals surface area (Å²) < 4.78 is 17.3. The van der Waals surface area contributed by atoms with Gasteiger partial charge in [-0.25, -0.2) is 0 Å². The monoisotopic (exact) mass is 744 g/mol. The molecule has 0 aliphatic heterocycles. The van der Waals surface area contributed by atoms with E-state index in [1.54, 1.807) is 0 Å². The molecule has 7 nitrogen and oxygen atoms in total. The fourth-order valence-corrected chi connectivity index (χ4v) is 9.62. The molecule has 0 radical (unpaired) electrons. The van der Waals surface area contributed by atoms with Crippen LogP contribution in [0.5, 0.6) is 0 Å². The predicted octanol–water partition coefficient (Wildman–Crippen LogP) is 11.8. The lowest BCUT2D eigenvalue weighted by molar-refractivity contribution is -0.150. The third-order valence-electron chi connectivity index (χ3n) is 12.7. The van der Waals surface area contributed by atoms with Crippen LogP contribution < -0.4 is 0 Å². The number of rotatable bonds is 34. The fraction of sp³-hybridized carbons (Fsp3) is 0.891. The van der Waals surface area contributed by atoms with Crippen molar-refractivity contribution in [3.05, 3.63) is 12.3 Å². The van der Waals surface area contributed by atoms with Crippen LogP contribution in [0.4, 0.5) is 0 Å². The minimum Gasteiger partial charge on any atom is -0.466 e. The van der Waals surface area contributed by atoms with Crippen molar-refractivity contribution in [1.82, 2.24) is 4.90 Å². The Morgan fingerprint density at radius 1 is 0.623 bits per heavy atom. The number of fused-ring (bicyclic) bond motifs is 5. The van der Waals surface area contributed by atoms with Crippen molar-refractivity contribution in [2.75, 3.05) is 27.2 Å². The highest BCUT2D eigenvalue weighted by Crippen LogP contribution is 2.71. The molecule has 7 heteroatoms. The van der Waals surface area contributed by atoms with Gasteiger partial charge in [-0.3, -0.25) is 14.4 Å². The highest BCUT2D eigenvalue weighted by Gasteiger charge is 2.66. The van der Waals surface area contributed by atoms with E-state index in [1.807, 2.05) is 14.1 Å². The summed E-state index contributed by atoms with van der Waals surface area (Å²) in [7, 11) is 4.05. The van der Waals surface area contributed by atoms with E-state index >= 15 is 0 Å². The van der Waals surface area contributed by atoms with Crippen LogP contribution in [0.1, 0.15) is 194 Å². The second-order valence-electron chi connectivity index (χ2n) is 17.5. The molecular formula is C46H81NO6. The zero-order chi connectivity index (χ0) is 38.3. The molecule has 3 rings (SSSR count). The number of carbonyl (C=O) groups excluding carboxylic acids is 3. The van der Waals surface area contributed by atoms with E-state index in [9.17, 15) is 14.4 Å². The second kappa shape index (κ2) is 26.8. The Morgan fingerprint density at radius 3 is 1.70 bits per heavy atom. The Balaban J connectivity index is 1.22. The van der Waals surface area contributed by atoms with Crippen molar-refractivity contribution in [3.8, 4) is 0 Å². The Kier molecular flexibility index (Phi) is 23.0. The highest BCUT2D eigenvalue weighted by molar-refractivity contribution is 5.70. The first-order valence-corrected chi connectivity index (χ1v) is 22.6. The topological polar surface area (TPSA) is 82.1 Å². The molecule has 3 aliphatic rings. The maximum absolute atomic E-state index is 12.6. The largest absolute Gasteiger partial charge is 0.466 e. The Labute approximate surface area is 325 Å². The van der Waals surface area contributed by atoms with Crippen molar-refractivity contribution in [2.45, 2.75) is 200 Å². The van der Waals surface area contributed by atoms with E-state index in [4.69, 9.17) is 14.2 Å².